The highest BCUT2D eigenvalue weighted by molar-refractivity contribution is 5.46. The maximum atomic E-state index is 5.71. The fraction of sp³-hybridized carbons (Fsp3) is 0.667. The summed E-state index contributed by atoms with van der Waals surface area (Å²) in [7, 11) is 0. The lowest BCUT2D eigenvalue weighted by atomic mass is 9.90. The SMILES string of the molecule is CCC(CC)(CC)Nc1cc(N)nc(C)n1. The fourth-order valence-corrected chi connectivity index (χ4v) is 1.94. The van der Waals surface area contributed by atoms with Crippen LogP contribution < -0.4 is 11.1 Å². The van der Waals surface area contributed by atoms with Crippen LogP contribution in [-0.4, -0.2) is 15.5 Å². The van der Waals surface area contributed by atoms with Gasteiger partial charge in [-0.3, -0.25) is 0 Å². The van der Waals surface area contributed by atoms with Crippen molar-refractivity contribution in [2.75, 3.05) is 11.1 Å². The monoisotopic (exact) mass is 222 g/mol. The molecule has 0 saturated heterocycles. The summed E-state index contributed by atoms with van der Waals surface area (Å²) in [6.45, 7) is 8.43. The summed E-state index contributed by atoms with van der Waals surface area (Å²) >= 11 is 0. The summed E-state index contributed by atoms with van der Waals surface area (Å²) in [5.74, 6) is 2.06. The van der Waals surface area contributed by atoms with E-state index in [1.807, 2.05) is 6.92 Å². The van der Waals surface area contributed by atoms with Crippen LogP contribution >= 0.6 is 0 Å². The maximum absolute atomic E-state index is 5.71. The quantitative estimate of drug-likeness (QED) is 0.804. The van der Waals surface area contributed by atoms with Gasteiger partial charge < -0.3 is 11.1 Å². The molecule has 4 heteroatoms. The summed E-state index contributed by atoms with van der Waals surface area (Å²) in [4.78, 5) is 8.43. The average molecular weight is 222 g/mol. The molecule has 0 fully saturated rings. The van der Waals surface area contributed by atoms with Crippen LogP contribution in [0.1, 0.15) is 45.9 Å². The van der Waals surface area contributed by atoms with Crippen LogP contribution in [0.25, 0.3) is 0 Å². The van der Waals surface area contributed by atoms with E-state index in [1.54, 1.807) is 6.07 Å². The van der Waals surface area contributed by atoms with E-state index in [9.17, 15) is 0 Å². The molecule has 0 spiro atoms. The molecule has 0 radical (unpaired) electrons. The number of hydrogen-bond donors (Lipinski definition) is 2. The molecule has 0 bridgehead atoms. The van der Waals surface area contributed by atoms with Crippen molar-refractivity contribution in [3.8, 4) is 0 Å². The van der Waals surface area contributed by atoms with E-state index in [4.69, 9.17) is 5.73 Å². The second-order valence-electron chi connectivity index (χ2n) is 4.19. The van der Waals surface area contributed by atoms with Gasteiger partial charge in [0.2, 0.25) is 0 Å². The third kappa shape index (κ3) is 2.84. The molecular formula is C12H22N4. The number of nitrogens with two attached hydrogens (primary N) is 1. The van der Waals surface area contributed by atoms with Crippen LogP contribution in [0.4, 0.5) is 11.6 Å². The van der Waals surface area contributed by atoms with Crippen LogP contribution in [0.2, 0.25) is 0 Å². The van der Waals surface area contributed by atoms with Crippen molar-refractivity contribution in [3.63, 3.8) is 0 Å². The van der Waals surface area contributed by atoms with Crippen molar-refractivity contribution in [2.24, 2.45) is 0 Å². The molecule has 1 heterocycles. The normalized spacial score (nSPS) is 11.5. The van der Waals surface area contributed by atoms with Crippen LogP contribution in [0.5, 0.6) is 0 Å². The highest BCUT2D eigenvalue weighted by Gasteiger charge is 2.23. The lowest BCUT2D eigenvalue weighted by Crippen LogP contribution is -2.36. The van der Waals surface area contributed by atoms with Gasteiger partial charge in [0, 0.05) is 11.6 Å². The zero-order chi connectivity index (χ0) is 12.2. The molecule has 0 aliphatic rings. The van der Waals surface area contributed by atoms with Gasteiger partial charge in [0.1, 0.15) is 17.5 Å². The zero-order valence-electron chi connectivity index (χ0n) is 10.7. The zero-order valence-corrected chi connectivity index (χ0v) is 10.7. The summed E-state index contributed by atoms with van der Waals surface area (Å²) < 4.78 is 0. The van der Waals surface area contributed by atoms with E-state index in [0.717, 1.165) is 25.1 Å². The molecule has 16 heavy (non-hydrogen) atoms. The molecule has 0 aromatic carbocycles. The van der Waals surface area contributed by atoms with Gasteiger partial charge >= 0.3 is 0 Å². The number of rotatable bonds is 5. The molecule has 0 unspecified atom stereocenters. The second-order valence-corrected chi connectivity index (χ2v) is 4.19. The Morgan fingerprint density at radius 3 is 2.19 bits per heavy atom. The first kappa shape index (κ1) is 12.7. The van der Waals surface area contributed by atoms with Gasteiger partial charge in [-0.05, 0) is 26.2 Å². The molecule has 0 aliphatic carbocycles. The highest BCUT2D eigenvalue weighted by Crippen LogP contribution is 2.25. The lowest BCUT2D eigenvalue weighted by Gasteiger charge is -2.32. The Morgan fingerprint density at radius 1 is 1.19 bits per heavy atom. The third-order valence-electron chi connectivity index (χ3n) is 3.28. The lowest BCUT2D eigenvalue weighted by molar-refractivity contribution is 0.419. The Hall–Kier alpha value is -1.32. The number of aryl methyl sites for hydroxylation is 1. The first-order valence-corrected chi connectivity index (χ1v) is 5.94. The van der Waals surface area contributed by atoms with Gasteiger partial charge in [0.15, 0.2) is 0 Å². The Bertz CT molecular complexity index is 316. The van der Waals surface area contributed by atoms with Crippen molar-refractivity contribution >= 4 is 11.6 Å². The van der Waals surface area contributed by atoms with Gasteiger partial charge in [-0.15, -0.1) is 0 Å². The molecule has 0 saturated carbocycles. The molecule has 1 aromatic rings. The molecular weight excluding hydrogens is 200 g/mol. The number of nitrogens with one attached hydrogen (secondary N) is 1. The summed E-state index contributed by atoms with van der Waals surface area (Å²) in [5.41, 5.74) is 5.83. The average Bonchev–Trinajstić information content (AvgIpc) is 2.25. The molecule has 4 nitrogen and oxygen atoms in total. The first-order valence-electron chi connectivity index (χ1n) is 5.94. The molecule has 0 atom stereocenters. The Kier molecular flexibility index (Phi) is 4.10. The number of aromatic nitrogens is 2. The Labute approximate surface area is 97.7 Å². The predicted octanol–water partition coefficient (Wildman–Crippen LogP) is 2.75. The predicted molar refractivity (Wildman–Crippen MR) is 68.4 cm³/mol. The van der Waals surface area contributed by atoms with E-state index in [2.05, 4.69) is 36.1 Å². The molecule has 0 amide bonds. The second kappa shape index (κ2) is 5.14. The minimum absolute atomic E-state index is 0.118. The molecule has 1 rings (SSSR count). The topological polar surface area (TPSA) is 63.8 Å². The van der Waals surface area contributed by atoms with Gasteiger partial charge in [0.05, 0.1) is 0 Å². The minimum Gasteiger partial charge on any atom is -0.384 e. The number of anilines is 2. The number of nitrogens with zero attached hydrogens (tertiary/aromatic N) is 2. The van der Waals surface area contributed by atoms with Crippen molar-refractivity contribution in [1.82, 2.24) is 9.97 Å². The molecule has 3 N–H and O–H groups in total. The summed E-state index contributed by atoms with van der Waals surface area (Å²) in [5, 5.41) is 3.49. The van der Waals surface area contributed by atoms with Crippen LogP contribution in [0.15, 0.2) is 6.07 Å². The minimum atomic E-state index is 0.118. The van der Waals surface area contributed by atoms with E-state index >= 15 is 0 Å². The van der Waals surface area contributed by atoms with E-state index in [1.165, 1.54) is 0 Å². The van der Waals surface area contributed by atoms with Crippen molar-refractivity contribution < 1.29 is 0 Å². The molecule has 90 valence electrons. The van der Waals surface area contributed by atoms with Gasteiger partial charge in [-0.1, -0.05) is 20.8 Å². The maximum Gasteiger partial charge on any atom is 0.132 e. The summed E-state index contributed by atoms with van der Waals surface area (Å²) in [6, 6.07) is 1.79. The molecule has 1 aromatic heterocycles. The highest BCUT2D eigenvalue weighted by atomic mass is 15.1. The van der Waals surface area contributed by atoms with E-state index < -0.39 is 0 Å². The standard InChI is InChI=1S/C12H22N4/c1-5-12(6-2,7-3)16-11-8-10(13)14-9(4)15-11/h8H,5-7H2,1-4H3,(H3,13,14,15,16). The van der Waals surface area contributed by atoms with Crippen LogP contribution in [0.3, 0.4) is 0 Å². The van der Waals surface area contributed by atoms with Crippen LogP contribution in [-0.2, 0) is 0 Å². The Morgan fingerprint density at radius 2 is 1.75 bits per heavy atom. The van der Waals surface area contributed by atoms with Crippen molar-refractivity contribution in [1.29, 1.82) is 0 Å². The van der Waals surface area contributed by atoms with Crippen molar-refractivity contribution in [2.45, 2.75) is 52.5 Å². The largest absolute Gasteiger partial charge is 0.384 e. The number of nitrogen functional groups attached to an aromatic ring is 1. The summed E-state index contributed by atoms with van der Waals surface area (Å²) in [6.07, 6.45) is 3.22. The number of hydrogen-bond acceptors (Lipinski definition) is 4. The van der Waals surface area contributed by atoms with E-state index in [-0.39, 0.29) is 5.54 Å². The first-order chi connectivity index (χ1) is 7.55. The van der Waals surface area contributed by atoms with Crippen LogP contribution in [0, 0.1) is 6.92 Å². The van der Waals surface area contributed by atoms with E-state index in [0.29, 0.717) is 11.6 Å². The fourth-order valence-electron chi connectivity index (χ4n) is 1.94. The van der Waals surface area contributed by atoms with Gasteiger partial charge in [0.25, 0.3) is 0 Å². The third-order valence-corrected chi connectivity index (χ3v) is 3.28. The van der Waals surface area contributed by atoms with Crippen molar-refractivity contribution in [3.05, 3.63) is 11.9 Å². The van der Waals surface area contributed by atoms with Gasteiger partial charge in [-0.2, -0.15) is 0 Å². The molecule has 0 aliphatic heterocycles. The van der Waals surface area contributed by atoms with Gasteiger partial charge in [-0.25, -0.2) is 9.97 Å². The Balaban J connectivity index is 2.93. The smallest absolute Gasteiger partial charge is 0.132 e.